The van der Waals surface area contributed by atoms with Crippen molar-refractivity contribution in [2.24, 2.45) is 0 Å². The number of hydrogen-bond acceptors (Lipinski definition) is 5. The van der Waals surface area contributed by atoms with E-state index in [0.29, 0.717) is 0 Å². The van der Waals surface area contributed by atoms with Gasteiger partial charge in [-0.1, -0.05) is 6.07 Å². The van der Waals surface area contributed by atoms with Crippen LogP contribution in [0.5, 0.6) is 17.2 Å². The van der Waals surface area contributed by atoms with E-state index in [0.717, 1.165) is 37.0 Å². The maximum Gasteiger partial charge on any atom is 0.342 e. The smallest absolute Gasteiger partial charge is 0.342 e. The molecular weight excluding hydrogens is 335 g/mol. The van der Waals surface area contributed by atoms with Gasteiger partial charge in [-0.05, 0) is 42.5 Å². The zero-order valence-electron chi connectivity index (χ0n) is 13.3. The zero-order chi connectivity index (χ0) is 17.3. The molecule has 0 radical (unpaired) electrons. The quantitative estimate of drug-likeness (QED) is 0.774. The number of aryl methyl sites for hydroxylation is 2. The molecule has 0 atom stereocenters. The summed E-state index contributed by atoms with van der Waals surface area (Å²) >= 11 is 0. The van der Waals surface area contributed by atoms with Gasteiger partial charge < -0.3 is 13.7 Å². The van der Waals surface area contributed by atoms with E-state index in [1.54, 1.807) is 12.1 Å². The molecule has 0 saturated carbocycles. The van der Waals surface area contributed by atoms with Gasteiger partial charge in [0.2, 0.25) is 0 Å². The van der Waals surface area contributed by atoms with Crippen molar-refractivity contribution in [3.63, 3.8) is 0 Å². The second-order valence-corrected chi connectivity index (χ2v) is 6.97. The van der Waals surface area contributed by atoms with Gasteiger partial charge in [-0.3, -0.25) is 0 Å². The number of methoxy groups -OCH3 is 2. The fourth-order valence-corrected chi connectivity index (χ4v) is 3.79. The first kappa shape index (κ1) is 16.6. The van der Waals surface area contributed by atoms with Gasteiger partial charge >= 0.3 is 10.1 Å². The first-order valence-electron chi connectivity index (χ1n) is 7.42. The van der Waals surface area contributed by atoms with E-state index in [4.69, 9.17) is 13.7 Å². The largest absolute Gasteiger partial charge is 0.493 e. The molecule has 1 aliphatic carbocycles. The fraction of sp³-hybridized carbons (Fsp3) is 0.294. The fourth-order valence-electron chi connectivity index (χ4n) is 2.80. The summed E-state index contributed by atoms with van der Waals surface area (Å²) in [6, 6.07) is 7.13. The number of rotatable bonds is 5. The van der Waals surface area contributed by atoms with E-state index in [1.807, 2.05) is 6.07 Å². The van der Waals surface area contributed by atoms with Gasteiger partial charge in [0.1, 0.15) is 16.5 Å². The first-order chi connectivity index (χ1) is 11.4. The minimum Gasteiger partial charge on any atom is -0.493 e. The van der Waals surface area contributed by atoms with Crippen LogP contribution in [-0.4, -0.2) is 22.6 Å². The third kappa shape index (κ3) is 3.03. The highest BCUT2D eigenvalue weighted by molar-refractivity contribution is 7.87. The Morgan fingerprint density at radius 1 is 0.958 bits per heavy atom. The van der Waals surface area contributed by atoms with Crippen LogP contribution in [0.2, 0.25) is 0 Å². The number of hydrogen-bond donors (Lipinski definition) is 0. The molecule has 2 aromatic carbocycles. The van der Waals surface area contributed by atoms with Crippen LogP contribution in [0.4, 0.5) is 4.39 Å². The molecule has 0 unspecified atom stereocenters. The van der Waals surface area contributed by atoms with E-state index < -0.39 is 20.8 Å². The van der Waals surface area contributed by atoms with Crippen LogP contribution in [0, 0.1) is 5.82 Å². The molecule has 2 aromatic rings. The van der Waals surface area contributed by atoms with Crippen LogP contribution < -0.4 is 13.7 Å². The molecule has 0 aliphatic heterocycles. The van der Waals surface area contributed by atoms with Gasteiger partial charge in [-0.25, -0.2) is 4.39 Å². The van der Waals surface area contributed by atoms with Crippen molar-refractivity contribution < 1.29 is 26.5 Å². The van der Waals surface area contributed by atoms with Gasteiger partial charge in [-0.15, -0.1) is 0 Å². The Labute approximate surface area is 140 Å². The third-order valence-corrected chi connectivity index (χ3v) is 5.25. The lowest BCUT2D eigenvalue weighted by molar-refractivity contribution is 0.349. The molecule has 7 heteroatoms. The van der Waals surface area contributed by atoms with Crippen molar-refractivity contribution in [3.05, 3.63) is 47.3 Å². The van der Waals surface area contributed by atoms with Crippen LogP contribution in [0.15, 0.2) is 35.2 Å². The summed E-state index contributed by atoms with van der Waals surface area (Å²) in [5, 5.41) is 0. The molecule has 0 N–H and O–H groups in total. The summed E-state index contributed by atoms with van der Waals surface area (Å²) in [5.41, 5.74) is 2.26. The lowest BCUT2D eigenvalue weighted by Gasteiger charge is -2.12. The number of halogens is 1. The maximum atomic E-state index is 14.2. The van der Waals surface area contributed by atoms with Crippen LogP contribution in [-0.2, 0) is 23.0 Å². The van der Waals surface area contributed by atoms with E-state index in [1.165, 1.54) is 19.8 Å². The van der Waals surface area contributed by atoms with Gasteiger partial charge in [0.15, 0.2) is 11.5 Å². The predicted octanol–water partition coefficient (Wildman–Crippen LogP) is 3.10. The molecule has 0 aromatic heterocycles. The highest BCUT2D eigenvalue weighted by Crippen LogP contribution is 2.33. The second-order valence-electron chi connectivity index (χ2n) is 5.46. The summed E-state index contributed by atoms with van der Waals surface area (Å²) in [4.78, 5) is -0.597. The van der Waals surface area contributed by atoms with Crippen LogP contribution >= 0.6 is 0 Å². The minimum atomic E-state index is -4.33. The molecule has 0 spiro atoms. The summed E-state index contributed by atoms with van der Waals surface area (Å²) in [6.07, 6.45) is 2.90. The Kier molecular flexibility index (Phi) is 4.36. The van der Waals surface area contributed by atoms with Gasteiger partial charge in [0, 0.05) is 12.1 Å². The molecule has 0 bridgehead atoms. The van der Waals surface area contributed by atoms with Crippen LogP contribution in [0.25, 0.3) is 0 Å². The highest BCUT2D eigenvalue weighted by Gasteiger charge is 2.25. The van der Waals surface area contributed by atoms with Crippen molar-refractivity contribution in [2.75, 3.05) is 14.2 Å². The molecule has 0 fully saturated rings. The maximum absolute atomic E-state index is 14.2. The van der Waals surface area contributed by atoms with Crippen molar-refractivity contribution in [3.8, 4) is 17.2 Å². The summed E-state index contributed by atoms with van der Waals surface area (Å²) < 4.78 is 54.1. The molecular formula is C17H17FO5S. The third-order valence-electron chi connectivity index (χ3n) is 3.98. The molecule has 0 saturated heterocycles. The van der Waals surface area contributed by atoms with Crippen molar-refractivity contribution >= 4 is 10.1 Å². The van der Waals surface area contributed by atoms with Gasteiger partial charge in [0.25, 0.3) is 0 Å². The Balaban J connectivity index is 1.96. The van der Waals surface area contributed by atoms with Crippen LogP contribution in [0.3, 0.4) is 0 Å². The Morgan fingerprint density at radius 3 is 2.33 bits per heavy atom. The number of benzene rings is 2. The monoisotopic (exact) mass is 352 g/mol. The molecule has 24 heavy (non-hydrogen) atoms. The Bertz CT molecular complexity index is 877. The topological polar surface area (TPSA) is 61.8 Å². The molecule has 3 rings (SSSR count). The average Bonchev–Trinajstić information content (AvgIpc) is 3.01. The van der Waals surface area contributed by atoms with Crippen molar-refractivity contribution in [2.45, 2.75) is 24.2 Å². The van der Waals surface area contributed by atoms with Crippen LogP contribution in [0.1, 0.15) is 17.5 Å². The Morgan fingerprint density at radius 2 is 1.62 bits per heavy atom. The zero-order valence-corrected chi connectivity index (χ0v) is 14.2. The van der Waals surface area contributed by atoms with Crippen molar-refractivity contribution in [1.29, 1.82) is 0 Å². The predicted molar refractivity (Wildman–Crippen MR) is 85.8 cm³/mol. The van der Waals surface area contributed by atoms with E-state index >= 15 is 0 Å². The first-order valence-corrected chi connectivity index (χ1v) is 8.83. The molecule has 0 heterocycles. The summed E-state index contributed by atoms with van der Waals surface area (Å²) in [5.74, 6) is -0.583. The van der Waals surface area contributed by atoms with Gasteiger partial charge in [-0.2, -0.15) is 8.42 Å². The van der Waals surface area contributed by atoms with E-state index in [2.05, 4.69) is 0 Å². The average molecular weight is 352 g/mol. The second kappa shape index (κ2) is 6.32. The van der Waals surface area contributed by atoms with Gasteiger partial charge in [0.05, 0.1) is 14.2 Å². The highest BCUT2D eigenvalue weighted by atomic mass is 32.2. The standard InChI is InChI=1S/C17H17FO5S/c1-21-15-9-14(18)17(10-16(15)22-2)24(19,20)23-13-7-6-11-4-3-5-12(11)8-13/h6-10H,3-5H2,1-2H3. The number of ether oxygens (including phenoxy) is 2. The minimum absolute atomic E-state index is 0.103. The van der Waals surface area contributed by atoms with E-state index in [-0.39, 0.29) is 17.2 Å². The number of fused-ring (bicyclic) bond motifs is 1. The summed E-state index contributed by atoms with van der Waals surface area (Å²) in [6.45, 7) is 0. The molecule has 128 valence electrons. The molecule has 5 nitrogen and oxygen atoms in total. The summed E-state index contributed by atoms with van der Waals surface area (Å²) in [7, 11) is -1.65. The molecule has 1 aliphatic rings. The van der Waals surface area contributed by atoms with Crippen molar-refractivity contribution in [1.82, 2.24) is 0 Å². The lowest BCUT2D eigenvalue weighted by Crippen LogP contribution is -2.12. The lowest BCUT2D eigenvalue weighted by atomic mass is 10.1. The SMILES string of the molecule is COc1cc(F)c(S(=O)(=O)Oc2ccc3c(c2)CCC3)cc1OC. The molecule has 0 amide bonds. The van der Waals surface area contributed by atoms with E-state index in [9.17, 15) is 12.8 Å². The Hall–Kier alpha value is -2.28. The normalized spacial score (nSPS) is 13.5.